The predicted octanol–water partition coefficient (Wildman–Crippen LogP) is 7.33. The van der Waals surface area contributed by atoms with E-state index in [1.54, 1.807) is 0 Å². The number of rotatable bonds is 14. The average Bonchev–Trinajstić information content (AvgIpc) is 3.27. The van der Waals surface area contributed by atoms with Crippen molar-refractivity contribution in [2.45, 2.75) is 77.4 Å². The number of hydrogen-bond donors (Lipinski definition) is 0. The Kier molecular flexibility index (Phi) is 9.25. The van der Waals surface area contributed by atoms with Gasteiger partial charge in [-0.1, -0.05) is 94.7 Å². The van der Waals surface area contributed by atoms with E-state index in [2.05, 4.69) is 58.9 Å². The molecule has 3 rings (SSSR count). The van der Waals surface area contributed by atoms with E-state index in [9.17, 15) is 0 Å². The Bertz CT molecular complexity index is 812. The molecule has 1 aromatic heterocycles. The molecular formula is C26H36N2O. The monoisotopic (exact) mass is 392 g/mol. The van der Waals surface area contributed by atoms with Crippen molar-refractivity contribution in [2.24, 2.45) is 0 Å². The topological polar surface area (TPSA) is 27.1 Å². The lowest BCUT2D eigenvalue weighted by Crippen LogP contribution is -2.13. The Hall–Kier alpha value is -2.13. The van der Waals surface area contributed by atoms with Gasteiger partial charge < -0.3 is 9.30 Å². The normalized spacial score (nSPS) is 12.4. The first-order valence-electron chi connectivity index (χ1n) is 11.4. The molecule has 0 aliphatic rings. The van der Waals surface area contributed by atoms with Gasteiger partial charge in [0.25, 0.3) is 0 Å². The summed E-state index contributed by atoms with van der Waals surface area (Å²) in [6, 6.07) is 15.2. The molecule has 0 bridgehead atoms. The summed E-state index contributed by atoms with van der Waals surface area (Å²) in [7, 11) is 0. The van der Waals surface area contributed by atoms with Crippen molar-refractivity contribution in [3.63, 3.8) is 0 Å². The maximum atomic E-state index is 6.36. The number of benzene rings is 2. The fraction of sp³-hybridized carbons (Fsp3) is 0.500. The van der Waals surface area contributed by atoms with Crippen LogP contribution < -0.4 is 0 Å². The number of fused-ring (bicyclic) bond motifs is 1. The third-order valence-corrected chi connectivity index (χ3v) is 5.65. The third kappa shape index (κ3) is 7.32. The smallest absolute Gasteiger partial charge is 0.100 e. The summed E-state index contributed by atoms with van der Waals surface area (Å²) in [5, 5.41) is 2.55. The molecule has 3 aromatic rings. The average molecular weight is 393 g/mol. The van der Waals surface area contributed by atoms with Crippen LogP contribution in [0.2, 0.25) is 0 Å². The number of ether oxygens (including phenoxy) is 1. The molecule has 156 valence electrons. The van der Waals surface area contributed by atoms with Gasteiger partial charge in [0.15, 0.2) is 0 Å². The number of aromatic nitrogens is 2. The van der Waals surface area contributed by atoms with Gasteiger partial charge in [0.2, 0.25) is 0 Å². The Balaban J connectivity index is 1.47. The third-order valence-electron chi connectivity index (χ3n) is 5.65. The van der Waals surface area contributed by atoms with Crippen LogP contribution in [-0.4, -0.2) is 16.2 Å². The molecule has 3 heteroatoms. The Morgan fingerprint density at radius 2 is 1.59 bits per heavy atom. The van der Waals surface area contributed by atoms with Gasteiger partial charge in [-0.2, -0.15) is 0 Å². The summed E-state index contributed by atoms with van der Waals surface area (Å²) in [5.74, 6) is 0. The Morgan fingerprint density at radius 3 is 2.31 bits per heavy atom. The quantitative estimate of drug-likeness (QED) is 0.269. The molecule has 0 aliphatic carbocycles. The highest BCUT2D eigenvalue weighted by Gasteiger charge is 2.13. The molecule has 1 heterocycles. The summed E-state index contributed by atoms with van der Waals surface area (Å²) < 4.78 is 8.47. The zero-order chi connectivity index (χ0) is 20.2. The number of unbranched alkanes of at least 4 members (excludes halogenated alkanes) is 8. The second-order valence-electron chi connectivity index (χ2n) is 8.05. The van der Waals surface area contributed by atoms with Crippen molar-refractivity contribution in [1.29, 1.82) is 0 Å². The summed E-state index contributed by atoms with van der Waals surface area (Å²) >= 11 is 0. The molecule has 0 saturated carbocycles. The molecule has 0 fully saturated rings. The maximum absolute atomic E-state index is 6.36. The van der Waals surface area contributed by atoms with Crippen molar-refractivity contribution in [3.8, 4) is 0 Å². The highest BCUT2D eigenvalue weighted by atomic mass is 16.5. The Labute approximate surface area is 176 Å². The molecular weight excluding hydrogens is 356 g/mol. The second kappa shape index (κ2) is 12.4. The van der Waals surface area contributed by atoms with E-state index in [1.807, 2.05) is 18.7 Å². The van der Waals surface area contributed by atoms with E-state index in [0.29, 0.717) is 0 Å². The van der Waals surface area contributed by atoms with E-state index in [0.717, 1.165) is 19.6 Å². The molecule has 1 atom stereocenters. The lowest BCUT2D eigenvalue weighted by Gasteiger charge is -2.19. The van der Waals surface area contributed by atoms with Crippen molar-refractivity contribution < 1.29 is 4.74 Å². The van der Waals surface area contributed by atoms with Gasteiger partial charge in [-0.3, -0.25) is 0 Å². The fourth-order valence-electron chi connectivity index (χ4n) is 3.89. The van der Waals surface area contributed by atoms with Crippen molar-refractivity contribution >= 4 is 10.8 Å². The van der Waals surface area contributed by atoms with Gasteiger partial charge in [-0.05, 0) is 28.8 Å². The molecule has 3 nitrogen and oxygen atoms in total. The minimum absolute atomic E-state index is 0.0582. The molecule has 1 unspecified atom stereocenters. The van der Waals surface area contributed by atoms with Crippen LogP contribution in [0, 0.1) is 0 Å². The summed E-state index contributed by atoms with van der Waals surface area (Å²) in [5.41, 5.74) is 1.24. The van der Waals surface area contributed by atoms with E-state index >= 15 is 0 Å². The van der Waals surface area contributed by atoms with Crippen LogP contribution in [0.25, 0.3) is 10.8 Å². The van der Waals surface area contributed by atoms with E-state index in [4.69, 9.17) is 4.74 Å². The molecule has 0 N–H and O–H groups in total. The minimum Gasteiger partial charge on any atom is -0.372 e. The van der Waals surface area contributed by atoms with Crippen molar-refractivity contribution in [3.05, 3.63) is 66.7 Å². The molecule has 29 heavy (non-hydrogen) atoms. The molecule has 0 saturated heterocycles. The lowest BCUT2D eigenvalue weighted by molar-refractivity contribution is 0.0380. The fourth-order valence-corrected chi connectivity index (χ4v) is 3.89. The minimum atomic E-state index is 0.0582. The van der Waals surface area contributed by atoms with Gasteiger partial charge in [-0.25, -0.2) is 4.98 Å². The van der Waals surface area contributed by atoms with E-state index in [-0.39, 0.29) is 6.10 Å². The van der Waals surface area contributed by atoms with Gasteiger partial charge in [-0.15, -0.1) is 0 Å². The van der Waals surface area contributed by atoms with Crippen LogP contribution in [-0.2, 0) is 11.3 Å². The van der Waals surface area contributed by atoms with Crippen LogP contribution in [0.5, 0.6) is 0 Å². The second-order valence-corrected chi connectivity index (χ2v) is 8.05. The van der Waals surface area contributed by atoms with Crippen LogP contribution >= 0.6 is 0 Å². The zero-order valence-electron chi connectivity index (χ0n) is 17.9. The molecule has 0 spiro atoms. The number of hydrogen-bond acceptors (Lipinski definition) is 2. The van der Waals surface area contributed by atoms with E-state index < -0.39 is 0 Å². The van der Waals surface area contributed by atoms with Crippen LogP contribution in [0.1, 0.15) is 76.4 Å². The van der Waals surface area contributed by atoms with Crippen molar-refractivity contribution in [2.75, 3.05) is 6.61 Å². The standard InChI is InChI=1S/C26H36N2O/c1-2-3-4-5-6-7-8-9-12-19-29-26(21-28-18-17-27-22-28)25-16-15-23-13-10-11-14-24(23)20-25/h10-11,13-18,20,22,26H,2-9,12,19,21H2,1H3. The van der Waals surface area contributed by atoms with Gasteiger partial charge in [0, 0.05) is 19.0 Å². The van der Waals surface area contributed by atoms with Crippen LogP contribution in [0.15, 0.2) is 61.2 Å². The van der Waals surface area contributed by atoms with Crippen molar-refractivity contribution in [1.82, 2.24) is 9.55 Å². The van der Waals surface area contributed by atoms with Gasteiger partial charge >= 0.3 is 0 Å². The maximum Gasteiger partial charge on any atom is 0.100 e. The summed E-state index contributed by atoms with van der Waals surface area (Å²) in [4.78, 5) is 4.18. The SMILES string of the molecule is CCCCCCCCCCCOC(Cn1ccnc1)c1ccc2ccccc2c1. The summed E-state index contributed by atoms with van der Waals surface area (Å²) in [6.07, 6.45) is 17.8. The van der Waals surface area contributed by atoms with Gasteiger partial charge in [0.05, 0.1) is 12.9 Å². The summed E-state index contributed by atoms with van der Waals surface area (Å²) in [6.45, 7) is 3.90. The largest absolute Gasteiger partial charge is 0.372 e. The molecule has 0 aliphatic heterocycles. The lowest BCUT2D eigenvalue weighted by atomic mass is 10.0. The first-order valence-corrected chi connectivity index (χ1v) is 11.4. The first-order chi connectivity index (χ1) is 14.4. The molecule has 0 amide bonds. The highest BCUT2D eigenvalue weighted by molar-refractivity contribution is 5.83. The molecule has 0 radical (unpaired) electrons. The number of nitrogens with zero attached hydrogens (tertiary/aromatic N) is 2. The van der Waals surface area contributed by atoms with Gasteiger partial charge in [0.1, 0.15) is 6.10 Å². The predicted molar refractivity (Wildman–Crippen MR) is 122 cm³/mol. The highest BCUT2D eigenvalue weighted by Crippen LogP contribution is 2.25. The Morgan fingerprint density at radius 1 is 0.862 bits per heavy atom. The van der Waals surface area contributed by atoms with Crippen LogP contribution in [0.4, 0.5) is 0 Å². The van der Waals surface area contributed by atoms with Crippen LogP contribution in [0.3, 0.4) is 0 Å². The zero-order valence-corrected chi connectivity index (χ0v) is 17.9. The first kappa shape index (κ1) is 21.6. The number of imidazole rings is 1. The molecule has 2 aromatic carbocycles. The van der Waals surface area contributed by atoms with E-state index in [1.165, 1.54) is 67.7 Å².